The standard InChI is InChI=1S/C26H19NO7/c28-24(27-14-16-6-2-1-3-7-16)19-12-17-10-11-18(13-22(17)34-25(19)29)32-26(30)23-15-31-20-8-4-5-9-21(20)33-23/h1-13,23H,14-15H2,(H,27,28). The molecule has 8 heteroatoms. The zero-order valence-corrected chi connectivity index (χ0v) is 17.9. The third-order valence-electron chi connectivity index (χ3n) is 5.24. The predicted octanol–water partition coefficient (Wildman–Crippen LogP) is 3.47. The Bertz CT molecular complexity index is 1430. The largest absolute Gasteiger partial charge is 0.485 e. The van der Waals surface area contributed by atoms with Crippen molar-refractivity contribution in [3.63, 3.8) is 0 Å². The predicted molar refractivity (Wildman–Crippen MR) is 122 cm³/mol. The summed E-state index contributed by atoms with van der Waals surface area (Å²) in [4.78, 5) is 37.4. The molecule has 0 radical (unpaired) electrons. The molecule has 1 aliphatic heterocycles. The summed E-state index contributed by atoms with van der Waals surface area (Å²) >= 11 is 0. The first kappa shape index (κ1) is 21.3. The van der Waals surface area contributed by atoms with Crippen molar-refractivity contribution in [2.45, 2.75) is 12.6 Å². The molecule has 1 unspecified atom stereocenters. The maximum Gasteiger partial charge on any atom is 0.356 e. The molecule has 0 saturated heterocycles. The van der Waals surface area contributed by atoms with E-state index in [1.807, 2.05) is 36.4 Å². The Kier molecular flexibility index (Phi) is 5.70. The van der Waals surface area contributed by atoms with Gasteiger partial charge in [0.05, 0.1) is 0 Å². The first-order valence-corrected chi connectivity index (χ1v) is 10.6. The van der Waals surface area contributed by atoms with E-state index in [1.165, 1.54) is 12.1 Å². The molecule has 1 atom stereocenters. The van der Waals surface area contributed by atoms with E-state index in [0.29, 0.717) is 16.9 Å². The van der Waals surface area contributed by atoms with Crippen molar-refractivity contribution in [3.8, 4) is 17.2 Å². The van der Waals surface area contributed by atoms with Crippen molar-refractivity contribution < 1.29 is 28.2 Å². The molecule has 0 saturated carbocycles. The van der Waals surface area contributed by atoms with Gasteiger partial charge >= 0.3 is 11.6 Å². The molecule has 1 N–H and O–H groups in total. The van der Waals surface area contributed by atoms with Gasteiger partial charge in [-0.3, -0.25) is 4.79 Å². The number of ether oxygens (including phenoxy) is 3. The van der Waals surface area contributed by atoms with Crippen LogP contribution in [0.2, 0.25) is 0 Å². The van der Waals surface area contributed by atoms with Crippen molar-refractivity contribution in [3.05, 3.63) is 100 Å². The Labute approximate surface area is 193 Å². The highest BCUT2D eigenvalue weighted by Crippen LogP contribution is 2.31. The third kappa shape index (κ3) is 4.47. The van der Waals surface area contributed by atoms with Gasteiger partial charge in [-0.15, -0.1) is 0 Å². The van der Waals surface area contributed by atoms with E-state index in [9.17, 15) is 14.4 Å². The van der Waals surface area contributed by atoms with Crippen LogP contribution in [0.5, 0.6) is 17.2 Å². The summed E-state index contributed by atoms with van der Waals surface area (Å²) in [5.74, 6) is 0.00292. The van der Waals surface area contributed by atoms with Gasteiger partial charge in [-0.25, -0.2) is 9.59 Å². The fraction of sp³-hybridized carbons (Fsp3) is 0.115. The lowest BCUT2D eigenvalue weighted by molar-refractivity contribution is -0.144. The van der Waals surface area contributed by atoms with Crippen molar-refractivity contribution in [1.29, 1.82) is 0 Å². The van der Waals surface area contributed by atoms with Crippen LogP contribution >= 0.6 is 0 Å². The van der Waals surface area contributed by atoms with Crippen molar-refractivity contribution in [2.75, 3.05) is 6.61 Å². The molecule has 0 fully saturated rings. The summed E-state index contributed by atoms with van der Waals surface area (Å²) in [6.07, 6.45) is -0.937. The Hall–Kier alpha value is -4.59. The molecule has 1 amide bonds. The van der Waals surface area contributed by atoms with E-state index >= 15 is 0 Å². The smallest absolute Gasteiger partial charge is 0.356 e. The molecule has 5 rings (SSSR count). The zero-order valence-electron chi connectivity index (χ0n) is 17.9. The van der Waals surface area contributed by atoms with Crippen LogP contribution in [0.3, 0.4) is 0 Å². The normalized spacial score (nSPS) is 14.4. The molecule has 1 aliphatic rings. The Morgan fingerprint density at radius 3 is 2.53 bits per heavy atom. The highest BCUT2D eigenvalue weighted by Gasteiger charge is 2.29. The van der Waals surface area contributed by atoms with Gasteiger partial charge in [0.15, 0.2) is 11.5 Å². The van der Waals surface area contributed by atoms with E-state index in [2.05, 4.69) is 5.32 Å². The SMILES string of the molecule is O=C(NCc1ccccc1)c1cc2ccc(OC(=O)C3COc4ccccc4O3)cc2oc1=O. The number of hydrogen-bond acceptors (Lipinski definition) is 7. The minimum absolute atomic E-state index is 0.0139. The molecule has 0 aliphatic carbocycles. The molecule has 8 nitrogen and oxygen atoms in total. The quantitative estimate of drug-likeness (QED) is 0.278. The number of carbonyl (C=O) groups is 2. The molecule has 34 heavy (non-hydrogen) atoms. The fourth-order valence-corrected chi connectivity index (χ4v) is 3.50. The van der Waals surface area contributed by atoms with Gasteiger partial charge in [-0.1, -0.05) is 42.5 Å². The second-order valence-corrected chi connectivity index (χ2v) is 7.60. The lowest BCUT2D eigenvalue weighted by atomic mass is 10.1. The molecule has 4 aromatic rings. The van der Waals surface area contributed by atoms with Crippen molar-refractivity contribution in [1.82, 2.24) is 5.32 Å². The molecule has 2 heterocycles. The molecular weight excluding hydrogens is 438 g/mol. The third-order valence-corrected chi connectivity index (χ3v) is 5.24. The number of fused-ring (bicyclic) bond motifs is 2. The highest BCUT2D eigenvalue weighted by atomic mass is 16.6. The van der Waals surface area contributed by atoms with E-state index in [-0.39, 0.29) is 30.0 Å². The summed E-state index contributed by atoms with van der Waals surface area (Å²) in [5, 5.41) is 3.22. The van der Waals surface area contributed by atoms with Crippen molar-refractivity contribution in [2.24, 2.45) is 0 Å². The average Bonchev–Trinajstić information content (AvgIpc) is 2.87. The van der Waals surface area contributed by atoms with Crippen LogP contribution in [0.15, 0.2) is 88.1 Å². The number of amides is 1. The molecule has 3 aromatic carbocycles. The Morgan fingerprint density at radius 1 is 0.941 bits per heavy atom. The fourth-order valence-electron chi connectivity index (χ4n) is 3.50. The molecular formula is C26H19NO7. The van der Waals surface area contributed by atoms with Gasteiger partial charge in [0.1, 0.15) is 23.5 Å². The summed E-state index contributed by atoms with van der Waals surface area (Å²) in [5.41, 5.74) is 0.186. The second-order valence-electron chi connectivity index (χ2n) is 7.60. The van der Waals surface area contributed by atoms with E-state index in [4.69, 9.17) is 18.6 Å². The average molecular weight is 457 g/mol. The monoisotopic (exact) mass is 457 g/mol. The van der Waals surface area contributed by atoms with Crippen LogP contribution < -0.4 is 25.2 Å². The number of esters is 1. The molecule has 0 spiro atoms. The van der Waals surface area contributed by atoms with Crippen LogP contribution in [0.25, 0.3) is 11.0 Å². The maximum absolute atomic E-state index is 12.5. The van der Waals surface area contributed by atoms with Gasteiger partial charge in [0.2, 0.25) is 6.10 Å². The number of rotatable bonds is 5. The lowest BCUT2D eigenvalue weighted by Crippen LogP contribution is -2.39. The number of nitrogens with one attached hydrogen (secondary N) is 1. The van der Waals surface area contributed by atoms with E-state index in [1.54, 1.807) is 30.3 Å². The van der Waals surface area contributed by atoms with Gasteiger partial charge in [-0.2, -0.15) is 0 Å². The number of hydrogen-bond donors (Lipinski definition) is 1. The van der Waals surface area contributed by atoms with Gasteiger partial charge in [0, 0.05) is 18.0 Å². The second kappa shape index (κ2) is 9.11. The number of para-hydroxylation sites is 2. The van der Waals surface area contributed by atoms with Gasteiger partial charge < -0.3 is 23.9 Å². The summed E-state index contributed by atoms with van der Waals surface area (Å²) in [7, 11) is 0. The Balaban J connectivity index is 1.29. The van der Waals surface area contributed by atoms with Crippen LogP contribution in [0, 0.1) is 0 Å². The number of benzene rings is 3. The molecule has 170 valence electrons. The first-order valence-electron chi connectivity index (χ1n) is 10.6. The summed E-state index contributed by atoms with van der Waals surface area (Å²) < 4.78 is 21.9. The minimum Gasteiger partial charge on any atom is -0.485 e. The first-order chi connectivity index (χ1) is 16.6. The van der Waals surface area contributed by atoms with Crippen LogP contribution in [-0.2, 0) is 11.3 Å². The maximum atomic E-state index is 12.5. The van der Waals surface area contributed by atoms with Crippen LogP contribution in [-0.4, -0.2) is 24.6 Å². The lowest BCUT2D eigenvalue weighted by Gasteiger charge is -2.24. The summed E-state index contributed by atoms with van der Waals surface area (Å²) in [6.45, 7) is 0.295. The highest BCUT2D eigenvalue weighted by molar-refractivity contribution is 5.96. The topological polar surface area (TPSA) is 104 Å². The summed E-state index contributed by atoms with van der Waals surface area (Å²) in [6, 6.07) is 22.4. The van der Waals surface area contributed by atoms with E-state index < -0.39 is 23.6 Å². The van der Waals surface area contributed by atoms with E-state index in [0.717, 1.165) is 5.56 Å². The molecule has 0 bridgehead atoms. The zero-order chi connectivity index (χ0) is 23.5. The van der Waals surface area contributed by atoms with Crippen LogP contribution in [0.1, 0.15) is 15.9 Å². The van der Waals surface area contributed by atoms with Crippen molar-refractivity contribution >= 4 is 22.8 Å². The van der Waals surface area contributed by atoms with Crippen LogP contribution in [0.4, 0.5) is 0 Å². The Morgan fingerprint density at radius 2 is 1.71 bits per heavy atom. The molecule has 1 aromatic heterocycles. The van der Waals surface area contributed by atoms with Gasteiger partial charge in [-0.05, 0) is 35.9 Å². The number of carbonyl (C=O) groups excluding carboxylic acids is 2. The van der Waals surface area contributed by atoms with Gasteiger partial charge in [0.25, 0.3) is 5.91 Å². The minimum atomic E-state index is -0.937.